The lowest BCUT2D eigenvalue weighted by Gasteiger charge is -2.07. The second-order valence-corrected chi connectivity index (χ2v) is 5.54. The average Bonchev–Trinajstić information content (AvgIpc) is 3.23. The monoisotopic (exact) mass is 358 g/mol. The van der Waals surface area contributed by atoms with Crippen LogP contribution in [0.3, 0.4) is 0 Å². The quantitative estimate of drug-likeness (QED) is 0.602. The number of benzene rings is 1. The molecule has 0 bridgehead atoms. The van der Waals surface area contributed by atoms with Gasteiger partial charge in [0.1, 0.15) is 22.9 Å². The van der Waals surface area contributed by atoms with Crippen LogP contribution in [0.2, 0.25) is 0 Å². The van der Waals surface area contributed by atoms with E-state index in [1.807, 2.05) is 13.1 Å². The summed E-state index contributed by atoms with van der Waals surface area (Å²) in [5.74, 6) is 0.967. The first-order chi connectivity index (χ1) is 12.4. The molecule has 0 unspecified atom stereocenters. The SMILES string of the molecule is Cn1[c]nc2cc(Oc3ccnc(-c4ncc(C(F)(F)F)[nH]4)c3)ccc21. The third-order valence-electron chi connectivity index (χ3n) is 3.72. The number of nitrogens with one attached hydrogen (secondary N) is 1. The highest BCUT2D eigenvalue weighted by molar-refractivity contribution is 5.76. The van der Waals surface area contributed by atoms with E-state index >= 15 is 0 Å². The van der Waals surface area contributed by atoms with Crippen LogP contribution in [-0.4, -0.2) is 24.5 Å². The number of imidazole rings is 2. The van der Waals surface area contributed by atoms with Gasteiger partial charge in [-0.3, -0.25) is 4.98 Å². The number of halogens is 3. The van der Waals surface area contributed by atoms with Crippen molar-refractivity contribution in [2.24, 2.45) is 7.05 Å². The molecule has 0 saturated carbocycles. The van der Waals surface area contributed by atoms with Crippen molar-refractivity contribution in [1.82, 2.24) is 24.5 Å². The van der Waals surface area contributed by atoms with Gasteiger partial charge in [-0.25, -0.2) is 9.97 Å². The third kappa shape index (κ3) is 2.99. The number of aromatic nitrogens is 5. The standard InChI is InChI=1S/C17H11F3N5O/c1-25-9-23-12-6-10(2-3-14(12)25)26-11-4-5-21-13(7-11)16-22-8-15(24-16)17(18,19)20/h2-8H,1H3,(H,22,24). The predicted molar refractivity (Wildman–Crippen MR) is 86.4 cm³/mol. The Kier molecular flexibility index (Phi) is 3.64. The molecule has 0 fully saturated rings. The lowest BCUT2D eigenvalue weighted by atomic mass is 10.3. The van der Waals surface area contributed by atoms with Gasteiger partial charge in [0.15, 0.2) is 12.2 Å². The van der Waals surface area contributed by atoms with E-state index in [2.05, 4.69) is 26.3 Å². The van der Waals surface area contributed by atoms with Crippen LogP contribution in [0.25, 0.3) is 22.6 Å². The van der Waals surface area contributed by atoms with E-state index in [-0.39, 0.29) is 11.5 Å². The maximum absolute atomic E-state index is 12.7. The fourth-order valence-electron chi connectivity index (χ4n) is 2.46. The van der Waals surface area contributed by atoms with E-state index < -0.39 is 11.9 Å². The van der Waals surface area contributed by atoms with Gasteiger partial charge in [0.25, 0.3) is 0 Å². The van der Waals surface area contributed by atoms with Crippen LogP contribution in [0.15, 0.2) is 42.7 Å². The molecule has 1 aromatic carbocycles. The number of ether oxygens (including phenoxy) is 1. The average molecular weight is 358 g/mol. The normalized spacial score (nSPS) is 11.8. The molecule has 0 aliphatic rings. The van der Waals surface area contributed by atoms with Crippen molar-refractivity contribution in [3.63, 3.8) is 0 Å². The van der Waals surface area contributed by atoms with E-state index in [0.29, 0.717) is 11.5 Å². The number of alkyl halides is 3. The Hall–Kier alpha value is -3.36. The molecule has 0 spiro atoms. The molecule has 4 aromatic rings. The maximum atomic E-state index is 12.7. The summed E-state index contributed by atoms with van der Waals surface area (Å²) >= 11 is 0. The van der Waals surface area contributed by atoms with Crippen LogP contribution in [0, 0.1) is 6.33 Å². The molecule has 6 nitrogen and oxygen atoms in total. The number of fused-ring (bicyclic) bond motifs is 1. The summed E-state index contributed by atoms with van der Waals surface area (Å²) < 4.78 is 45.6. The molecule has 1 N–H and O–H groups in total. The number of rotatable bonds is 3. The second kappa shape index (κ2) is 5.87. The minimum atomic E-state index is -4.49. The molecule has 3 aromatic heterocycles. The first kappa shape index (κ1) is 16.1. The third-order valence-corrected chi connectivity index (χ3v) is 3.72. The molecule has 0 atom stereocenters. The number of aromatic amines is 1. The Morgan fingerprint density at radius 2 is 1.92 bits per heavy atom. The van der Waals surface area contributed by atoms with Crippen LogP contribution in [0.1, 0.15) is 5.69 Å². The Morgan fingerprint density at radius 1 is 1.12 bits per heavy atom. The minimum Gasteiger partial charge on any atom is -0.457 e. The first-order valence-electron chi connectivity index (χ1n) is 7.51. The topological polar surface area (TPSA) is 68.6 Å². The number of H-pyrrole nitrogens is 1. The number of hydrogen-bond acceptors (Lipinski definition) is 4. The van der Waals surface area contributed by atoms with E-state index in [4.69, 9.17) is 4.74 Å². The van der Waals surface area contributed by atoms with Crippen LogP contribution in [-0.2, 0) is 13.2 Å². The van der Waals surface area contributed by atoms with Crippen molar-refractivity contribution in [3.05, 3.63) is 54.7 Å². The second-order valence-electron chi connectivity index (χ2n) is 5.54. The summed E-state index contributed by atoms with van der Waals surface area (Å²) in [5, 5.41) is 0. The van der Waals surface area contributed by atoms with E-state index in [1.165, 1.54) is 12.3 Å². The molecule has 4 rings (SSSR count). The first-order valence-corrected chi connectivity index (χ1v) is 7.51. The van der Waals surface area contributed by atoms with Gasteiger partial charge in [-0.1, -0.05) is 0 Å². The zero-order chi connectivity index (χ0) is 18.3. The van der Waals surface area contributed by atoms with Crippen molar-refractivity contribution >= 4 is 11.0 Å². The zero-order valence-electron chi connectivity index (χ0n) is 13.4. The van der Waals surface area contributed by atoms with Crippen LogP contribution >= 0.6 is 0 Å². The fourth-order valence-corrected chi connectivity index (χ4v) is 2.46. The Bertz CT molecular complexity index is 1080. The summed E-state index contributed by atoms with van der Waals surface area (Å²) in [6.07, 6.45) is 0.488. The van der Waals surface area contributed by atoms with Crippen LogP contribution < -0.4 is 4.74 Å². The number of pyridine rings is 1. The van der Waals surface area contributed by atoms with Gasteiger partial charge in [0.2, 0.25) is 0 Å². The highest BCUT2D eigenvalue weighted by Gasteiger charge is 2.33. The molecule has 26 heavy (non-hydrogen) atoms. The molecule has 1 radical (unpaired) electrons. The van der Waals surface area contributed by atoms with Crippen molar-refractivity contribution in [1.29, 1.82) is 0 Å². The van der Waals surface area contributed by atoms with Crippen molar-refractivity contribution < 1.29 is 17.9 Å². The summed E-state index contributed by atoms with van der Waals surface area (Å²) in [5.41, 5.74) is 0.936. The van der Waals surface area contributed by atoms with Gasteiger partial charge < -0.3 is 14.3 Å². The molecule has 0 aliphatic carbocycles. The molecule has 0 amide bonds. The Labute approximate surface area is 145 Å². The largest absolute Gasteiger partial charge is 0.457 e. The maximum Gasteiger partial charge on any atom is 0.432 e. The molecule has 9 heteroatoms. The van der Waals surface area contributed by atoms with Crippen molar-refractivity contribution in [2.75, 3.05) is 0 Å². The minimum absolute atomic E-state index is 0.0116. The molecular formula is C17H11F3N5O. The van der Waals surface area contributed by atoms with Crippen LogP contribution in [0.4, 0.5) is 13.2 Å². The molecule has 0 saturated heterocycles. The van der Waals surface area contributed by atoms with E-state index in [1.54, 1.807) is 22.8 Å². The van der Waals surface area contributed by atoms with Gasteiger partial charge in [-0.2, -0.15) is 13.2 Å². The summed E-state index contributed by atoms with van der Waals surface area (Å²) in [4.78, 5) is 14.1. The van der Waals surface area contributed by atoms with Gasteiger partial charge >= 0.3 is 6.18 Å². The fraction of sp³-hybridized carbons (Fsp3) is 0.118. The van der Waals surface area contributed by atoms with Gasteiger partial charge in [0.05, 0.1) is 17.2 Å². The lowest BCUT2D eigenvalue weighted by molar-refractivity contribution is -0.140. The van der Waals surface area contributed by atoms with Crippen LogP contribution in [0.5, 0.6) is 11.5 Å². The predicted octanol–water partition coefficient (Wildman–Crippen LogP) is 3.97. The van der Waals surface area contributed by atoms with Crippen molar-refractivity contribution in [3.8, 4) is 23.0 Å². The van der Waals surface area contributed by atoms with E-state index in [9.17, 15) is 13.2 Å². The summed E-state index contributed by atoms with van der Waals surface area (Å²) in [6.45, 7) is 0. The smallest absolute Gasteiger partial charge is 0.432 e. The Morgan fingerprint density at radius 3 is 2.69 bits per heavy atom. The van der Waals surface area contributed by atoms with E-state index in [0.717, 1.165) is 17.2 Å². The van der Waals surface area contributed by atoms with Gasteiger partial charge in [-0.15, -0.1) is 0 Å². The number of nitrogens with zero attached hydrogens (tertiary/aromatic N) is 4. The zero-order valence-corrected chi connectivity index (χ0v) is 13.4. The molecule has 3 heterocycles. The molecular weight excluding hydrogens is 347 g/mol. The lowest BCUT2D eigenvalue weighted by Crippen LogP contribution is -2.04. The number of aryl methyl sites for hydroxylation is 1. The van der Waals surface area contributed by atoms with Crippen molar-refractivity contribution in [2.45, 2.75) is 6.18 Å². The molecule has 0 aliphatic heterocycles. The Balaban J connectivity index is 1.61. The van der Waals surface area contributed by atoms with Gasteiger partial charge in [-0.05, 0) is 18.2 Å². The summed E-state index contributed by atoms with van der Waals surface area (Å²) in [7, 11) is 1.84. The molecule has 131 valence electrons. The number of hydrogen-bond donors (Lipinski definition) is 1. The summed E-state index contributed by atoms with van der Waals surface area (Å²) in [6, 6.07) is 8.48. The highest BCUT2D eigenvalue weighted by atomic mass is 19.4. The highest BCUT2D eigenvalue weighted by Crippen LogP contribution is 2.30. The van der Waals surface area contributed by atoms with Gasteiger partial charge in [0, 0.05) is 25.4 Å².